The number of hydrogen-bond acceptors (Lipinski definition) is 6. The number of nitrogens with zero attached hydrogens (tertiary/aromatic N) is 2. The summed E-state index contributed by atoms with van der Waals surface area (Å²) in [7, 11) is 2.89. The molecule has 1 heterocycles. The van der Waals surface area contributed by atoms with Crippen LogP contribution in [0.3, 0.4) is 0 Å². The van der Waals surface area contributed by atoms with Gasteiger partial charge in [0.05, 0.1) is 31.1 Å². The van der Waals surface area contributed by atoms with E-state index in [4.69, 9.17) is 4.74 Å². The van der Waals surface area contributed by atoms with Crippen molar-refractivity contribution in [1.82, 2.24) is 9.97 Å². The Hall–Kier alpha value is -2.15. The lowest BCUT2D eigenvalue weighted by molar-refractivity contribution is 0.0593. The summed E-state index contributed by atoms with van der Waals surface area (Å²) in [6.45, 7) is 0. The Morgan fingerprint density at radius 3 is 2.65 bits per heavy atom. The van der Waals surface area contributed by atoms with Crippen molar-refractivity contribution in [3.8, 4) is 5.75 Å². The van der Waals surface area contributed by atoms with E-state index in [1.807, 2.05) is 18.2 Å². The van der Waals surface area contributed by atoms with Crippen molar-refractivity contribution in [1.29, 1.82) is 0 Å². The molecule has 0 saturated carbocycles. The fourth-order valence-corrected chi connectivity index (χ4v) is 1.90. The number of esters is 1. The zero-order valence-corrected chi connectivity index (χ0v) is 12.5. The minimum atomic E-state index is -0.519. The van der Waals surface area contributed by atoms with E-state index in [-0.39, 0.29) is 5.69 Å². The molecule has 2 rings (SSSR count). The molecule has 0 amide bonds. The van der Waals surface area contributed by atoms with Gasteiger partial charge in [-0.15, -0.1) is 0 Å². The number of hydrogen-bond donors (Lipinski definition) is 1. The van der Waals surface area contributed by atoms with E-state index in [0.717, 1.165) is 10.2 Å². The van der Waals surface area contributed by atoms with E-state index < -0.39 is 5.97 Å². The van der Waals surface area contributed by atoms with Crippen LogP contribution < -0.4 is 10.1 Å². The summed E-state index contributed by atoms with van der Waals surface area (Å²) in [6.07, 6.45) is 2.81. The molecule has 0 aliphatic carbocycles. The van der Waals surface area contributed by atoms with Gasteiger partial charge in [-0.1, -0.05) is 0 Å². The van der Waals surface area contributed by atoms with Crippen molar-refractivity contribution < 1.29 is 14.3 Å². The lowest BCUT2D eigenvalue weighted by atomic mass is 10.3. The average molecular weight is 338 g/mol. The van der Waals surface area contributed by atoms with Gasteiger partial charge in [-0.3, -0.25) is 0 Å². The molecular formula is C13H12BrN3O3. The predicted molar refractivity (Wildman–Crippen MR) is 77.3 cm³/mol. The van der Waals surface area contributed by atoms with Crippen LogP contribution in [0, 0.1) is 0 Å². The Labute approximate surface area is 124 Å². The Morgan fingerprint density at radius 1 is 1.25 bits per heavy atom. The van der Waals surface area contributed by atoms with Crippen LogP contribution in [0.1, 0.15) is 10.5 Å². The fraction of sp³-hybridized carbons (Fsp3) is 0.154. The van der Waals surface area contributed by atoms with Crippen LogP contribution in [0.5, 0.6) is 5.75 Å². The first-order valence-electron chi connectivity index (χ1n) is 5.65. The molecule has 1 N–H and O–H groups in total. The Balaban J connectivity index is 2.16. The standard InChI is InChI=1S/C13H12BrN3O3/c1-19-11-5-8(3-4-9(11)14)17-12-7-15-10(6-16-12)13(18)20-2/h3-7H,1-2H3,(H,16,17). The number of methoxy groups -OCH3 is 2. The Morgan fingerprint density at radius 2 is 2.05 bits per heavy atom. The van der Waals surface area contributed by atoms with Crippen LogP contribution in [0.2, 0.25) is 0 Å². The van der Waals surface area contributed by atoms with Gasteiger partial charge in [0.25, 0.3) is 0 Å². The van der Waals surface area contributed by atoms with Gasteiger partial charge >= 0.3 is 5.97 Å². The number of carbonyl (C=O) groups is 1. The second kappa shape index (κ2) is 6.33. The maximum atomic E-state index is 11.2. The first-order valence-corrected chi connectivity index (χ1v) is 6.44. The molecule has 1 aromatic heterocycles. The molecule has 0 unspecified atom stereocenters. The van der Waals surface area contributed by atoms with Gasteiger partial charge in [-0.2, -0.15) is 0 Å². The Bertz CT molecular complexity index is 617. The van der Waals surface area contributed by atoms with Crippen LogP contribution in [0.4, 0.5) is 11.5 Å². The van der Waals surface area contributed by atoms with E-state index in [1.54, 1.807) is 7.11 Å². The molecule has 0 atom stereocenters. The van der Waals surface area contributed by atoms with Crippen molar-refractivity contribution in [2.45, 2.75) is 0 Å². The third kappa shape index (κ3) is 3.24. The highest BCUT2D eigenvalue weighted by Crippen LogP contribution is 2.28. The van der Waals surface area contributed by atoms with Gasteiger partial charge in [0.1, 0.15) is 11.6 Å². The third-order valence-corrected chi connectivity index (χ3v) is 3.13. The van der Waals surface area contributed by atoms with Crippen LogP contribution in [-0.4, -0.2) is 30.2 Å². The molecule has 0 radical (unpaired) electrons. The summed E-state index contributed by atoms with van der Waals surface area (Å²) in [4.78, 5) is 19.3. The van der Waals surface area contributed by atoms with E-state index >= 15 is 0 Å². The molecule has 6 nitrogen and oxygen atoms in total. The lowest BCUT2D eigenvalue weighted by Gasteiger charge is -2.08. The molecule has 20 heavy (non-hydrogen) atoms. The normalized spacial score (nSPS) is 9.95. The van der Waals surface area contributed by atoms with Gasteiger partial charge < -0.3 is 14.8 Å². The summed E-state index contributed by atoms with van der Waals surface area (Å²) < 4.78 is 10.6. The number of rotatable bonds is 4. The second-order valence-corrected chi connectivity index (χ2v) is 4.61. The minimum absolute atomic E-state index is 0.159. The molecule has 104 valence electrons. The maximum Gasteiger partial charge on any atom is 0.358 e. The molecular weight excluding hydrogens is 326 g/mol. The molecule has 2 aromatic rings. The molecule has 0 saturated heterocycles. The smallest absolute Gasteiger partial charge is 0.358 e. The summed E-state index contributed by atoms with van der Waals surface area (Å²) in [6, 6.07) is 5.54. The molecule has 0 aliphatic rings. The zero-order chi connectivity index (χ0) is 14.5. The number of anilines is 2. The number of benzene rings is 1. The predicted octanol–water partition coefficient (Wildman–Crippen LogP) is 2.78. The third-order valence-electron chi connectivity index (χ3n) is 2.47. The first-order chi connectivity index (χ1) is 9.63. The zero-order valence-electron chi connectivity index (χ0n) is 10.9. The van der Waals surface area contributed by atoms with Crippen molar-refractivity contribution in [2.75, 3.05) is 19.5 Å². The van der Waals surface area contributed by atoms with Crippen molar-refractivity contribution in [2.24, 2.45) is 0 Å². The molecule has 0 spiro atoms. The van der Waals surface area contributed by atoms with Crippen molar-refractivity contribution >= 4 is 33.4 Å². The molecule has 1 aromatic carbocycles. The largest absolute Gasteiger partial charge is 0.495 e. The van der Waals surface area contributed by atoms with Crippen LogP contribution in [-0.2, 0) is 4.74 Å². The van der Waals surface area contributed by atoms with Crippen molar-refractivity contribution in [3.05, 3.63) is 40.8 Å². The highest BCUT2D eigenvalue weighted by molar-refractivity contribution is 9.10. The van der Waals surface area contributed by atoms with Crippen molar-refractivity contribution in [3.63, 3.8) is 0 Å². The second-order valence-electron chi connectivity index (χ2n) is 3.75. The Kier molecular flexibility index (Phi) is 4.52. The van der Waals surface area contributed by atoms with Gasteiger partial charge in [-0.25, -0.2) is 14.8 Å². The molecule has 0 aliphatic heterocycles. The van der Waals surface area contributed by atoms with E-state index in [0.29, 0.717) is 11.6 Å². The van der Waals surface area contributed by atoms with Crippen LogP contribution in [0.25, 0.3) is 0 Å². The number of nitrogens with one attached hydrogen (secondary N) is 1. The van der Waals surface area contributed by atoms with Gasteiger partial charge in [0.15, 0.2) is 5.69 Å². The summed E-state index contributed by atoms with van der Waals surface area (Å²) >= 11 is 3.38. The average Bonchev–Trinajstić information content (AvgIpc) is 2.49. The first kappa shape index (κ1) is 14.3. The highest BCUT2D eigenvalue weighted by Gasteiger charge is 2.08. The fourth-order valence-electron chi connectivity index (χ4n) is 1.49. The van der Waals surface area contributed by atoms with Crippen LogP contribution in [0.15, 0.2) is 35.1 Å². The molecule has 7 heteroatoms. The number of halogens is 1. The lowest BCUT2D eigenvalue weighted by Crippen LogP contribution is -2.05. The van der Waals surface area contributed by atoms with E-state index in [2.05, 4.69) is 36.0 Å². The highest BCUT2D eigenvalue weighted by atomic mass is 79.9. The van der Waals surface area contributed by atoms with E-state index in [1.165, 1.54) is 19.5 Å². The SMILES string of the molecule is COC(=O)c1cnc(Nc2ccc(Br)c(OC)c2)cn1. The van der Waals surface area contributed by atoms with Gasteiger partial charge in [0.2, 0.25) is 0 Å². The summed E-state index contributed by atoms with van der Waals surface area (Å²) in [5, 5.41) is 3.06. The monoisotopic (exact) mass is 337 g/mol. The van der Waals surface area contributed by atoms with E-state index in [9.17, 15) is 4.79 Å². The minimum Gasteiger partial charge on any atom is -0.495 e. The quantitative estimate of drug-likeness (QED) is 0.865. The summed E-state index contributed by atoms with van der Waals surface area (Å²) in [5.41, 5.74) is 0.955. The molecule has 0 fully saturated rings. The summed E-state index contributed by atoms with van der Waals surface area (Å²) in [5.74, 6) is 0.700. The van der Waals surface area contributed by atoms with Gasteiger partial charge in [0, 0.05) is 11.8 Å². The van der Waals surface area contributed by atoms with Gasteiger partial charge in [-0.05, 0) is 28.1 Å². The number of carbonyl (C=O) groups excluding carboxylic acids is 1. The number of ether oxygens (including phenoxy) is 2. The van der Waals surface area contributed by atoms with Crippen LogP contribution >= 0.6 is 15.9 Å². The maximum absolute atomic E-state index is 11.2. The molecule has 0 bridgehead atoms. The topological polar surface area (TPSA) is 73.3 Å². The number of aromatic nitrogens is 2.